The zero-order chi connectivity index (χ0) is 4.41. The predicted molar refractivity (Wildman–Crippen MR) is 24.0 cm³/mol. The van der Waals surface area contributed by atoms with Gasteiger partial charge in [0.15, 0.2) is 0 Å². The van der Waals surface area contributed by atoms with E-state index in [-0.39, 0.29) is 34.5 Å². The standard InChI is InChI=1S/C2H2N3O.CH3.W/c3-2-5-4-1-6-2;;/h(H2,3,5);1H3;/q2*-1;+2. The maximum Gasteiger partial charge on any atom is 2.00 e. The van der Waals surface area contributed by atoms with E-state index >= 15 is 0 Å². The van der Waals surface area contributed by atoms with Gasteiger partial charge in [-0.15, -0.1) is 0 Å². The topological polar surface area (TPSA) is 64.9 Å². The van der Waals surface area contributed by atoms with Crippen molar-refractivity contribution in [2.45, 2.75) is 0 Å². The molecule has 0 amide bonds. The third kappa shape index (κ3) is 2.74. The van der Waals surface area contributed by atoms with Gasteiger partial charge in [-0.1, -0.05) is 0 Å². The second kappa shape index (κ2) is 4.78. The van der Waals surface area contributed by atoms with E-state index in [1.807, 2.05) is 0 Å². The number of nitrogens with two attached hydrogens (primary N) is 1. The van der Waals surface area contributed by atoms with E-state index in [1.165, 1.54) is 0 Å². The summed E-state index contributed by atoms with van der Waals surface area (Å²) in [5.74, 6) is 0. The molecule has 1 rings (SSSR count). The summed E-state index contributed by atoms with van der Waals surface area (Å²) in [7, 11) is 0. The molecule has 0 aliphatic rings. The Morgan fingerprint density at radius 2 is 2.25 bits per heavy atom. The SMILES string of the molecule is Nc1nn[c-]o1.[CH3-].[W+2]. The third-order valence-electron chi connectivity index (χ3n) is 0.340. The fraction of sp³-hybridized carbons (Fsp3) is 0. The van der Waals surface area contributed by atoms with Crippen LogP contribution in [0.15, 0.2) is 4.42 Å². The van der Waals surface area contributed by atoms with Crippen molar-refractivity contribution >= 4 is 6.01 Å². The molecule has 8 heavy (non-hydrogen) atoms. The number of aromatic nitrogens is 2. The van der Waals surface area contributed by atoms with Crippen molar-refractivity contribution in [1.29, 1.82) is 0 Å². The molecule has 0 aliphatic carbocycles. The molecule has 0 saturated heterocycles. The summed E-state index contributed by atoms with van der Waals surface area (Å²) in [6.07, 6.45) is 2.07. The maximum atomic E-state index is 4.91. The molecule has 0 bridgehead atoms. The summed E-state index contributed by atoms with van der Waals surface area (Å²) in [6.45, 7) is 0. The number of hydrogen-bond donors (Lipinski definition) is 1. The molecule has 5 heteroatoms. The smallest absolute Gasteiger partial charge is 0.598 e. The van der Waals surface area contributed by atoms with Crippen molar-refractivity contribution in [3.8, 4) is 0 Å². The van der Waals surface area contributed by atoms with Crippen LogP contribution in [0.3, 0.4) is 0 Å². The van der Waals surface area contributed by atoms with Crippen molar-refractivity contribution < 1.29 is 25.5 Å². The average molecular weight is 283 g/mol. The van der Waals surface area contributed by atoms with Gasteiger partial charge in [-0.2, -0.15) is 0 Å². The van der Waals surface area contributed by atoms with E-state index in [9.17, 15) is 0 Å². The van der Waals surface area contributed by atoms with Gasteiger partial charge in [0, 0.05) is 0 Å². The zero-order valence-electron chi connectivity index (χ0n) is 4.29. The Balaban J connectivity index is 0. The predicted octanol–water partition coefficient (Wildman–Crippen LogP) is -0.100. The first-order valence-corrected chi connectivity index (χ1v) is 1.34. The van der Waals surface area contributed by atoms with Crippen LogP contribution in [-0.4, -0.2) is 10.2 Å². The van der Waals surface area contributed by atoms with Crippen LogP contribution in [-0.2, 0) is 21.1 Å². The molecule has 0 aliphatic heterocycles. The summed E-state index contributed by atoms with van der Waals surface area (Å²) < 4.78 is 4.26. The van der Waals surface area contributed by atoms with Crippen molar-refractivity contribution in [3.63, 3.8) is 0 Å². The average Bonchev–Trinajstić information content (AvgIpc) is 1.86. The van der Waals surface area contributed by atoms with E-state index in [2.05, 4.69) is 21.0 Å². The van der Waals surface area contributed by atoms with Crippen LogP contribution in [0.2, 0.25) is 0 Å². The molecule has 0 fully saturated rings. The maximum absolute atomic E-state index is 4.91. The van der Waals surface area contributed by atoms with Gasteiger partial charge >= 0.3 is 21.1 Å². The van der Waals surface area contributed by atoms with Crippen LogP contribution >= 0.6 is 0 Å². The number of anilines is 1. The van der Waals surface area contributed by atoms with Gasteiger partial charge in [0.25, 0.3) is 0 Å². The van der Waals surface area contributed by atoms with Gasteiger partial charge in [-0.3, -0.25) is 0 Å². The Morgan fingerprint density at radius 3 is 2.38 bits per heavy atom. The van der Waals surface area contributed by atoms with Gasteiger partial charge in [-0.05, 0) is 0 Å². The second-order valence-corrected chi connectivity index (χ2v) is 0.732. The Morgan fingerprint density at radius 1 is 1.62 bits per heavy atom. The molecule has 1 aromatic heterocycles. The Kier molecular flexibility index (Phi) is 6.32. The summed E-state index contributed by atoms with van der Waals surface area (Å²) in [5.41, 5.74) is 4.91. The van der Waals surface area contributed by atoms with Gasteiger partial charge < -0.3 is 17.6 Å². The first kappa shape index (κ1) is 10.6. The summed E-state index contributed by atoms with van der Waals surface area (Å²) in [4.78, 5) is 0. The number of nitrogen functional groups attached to an aromatic ring is 1. The molecule has 4 nitrogen and oxygen atoms in total. The minimum absolute atomic E-state index is 0. The summed E-state index contributed by atoms with van der Waals surface area (Å²) in [6, 6.07) is 0.0509. The molecule has 0 atom stereocenters. The molecular formula is C3H5N3OW. The molecule has 0 spiro atoms. The molecule has 2 N–H and O–H groups in total. The molecule has 44 valence electrons. The fourth-order valence-corrected chi connectivity index (χ4v) is 0.157. The van der Waals surface area contributed by atoms with Crippen LogP contribution in [0.1, 0.15) is 0 Å². The van der Waals surface area contributed by atoms with Crippen molar-refractivity contribution in [2.75, 3.05) is 5.73 Å². The van der Waals surface area contributed by atoms with Gasteiger partial charge in [0.1, 0.15) is 6.01 Å². The van der Waals surface area contributed by atoms with Crippen molar-refractivity contribution in [2.24, 2.45) is 0 Å². The Labute approximate surface area is 61.7 Å². The van der Waals surface area contributed by atoms with Gasteiger partial charge in [0.2, 0.25) is 0 Å². The number of nitrogens with zero attached hydrogens (tertiary/aromatic N) is 2. The summed E-state index contributed by atoms with van der Waals surface area (Å²) in [5, 5.41) is 6.38. The molecular weight excluding hydrogens is 278 g/mol. The van der Waals surface area contributed by atoms with Crippen molar-refractivity contribution in [3.05, 3.63) is 13.8 Å². The summed E-state index contributed by atoms with van der Waals surface area (Å²) >= 11 is 0. The van der Waals surface area contributed by atoms with E-state index in [0.717, 1.165) is 0 Å². The first-order valence-electron chi connectivity index (χ1n) is 1.34. The Bertz CT molecular complexity index is 118. The van der Waals surface area contributed by atoms with Crippen LogP contribution in [0.5, 0.6) is 0 Å². The Hall–Kier alpha value is -0.372. The normalized spacial score (nSPS) is 6.50. The number of hydrogen-bond acceptors (Lipinski definition) is 4. The molecule has 1 aromatic rings. The molecule has 1 heterocycles. The second-order valence-electron chi connectivity index (χ2n) is 0.732. The number of rotatable bonds is 0. The van der Waals surface area contributed by atoms with E-state index in [0.29, 0.717) is 0 Å². The third-order valence-corrected chi connectivity index (χ3v) is 0.340. The minimum atomic E-state index is 0. The monoisotopic (exact) mass is 283 g/mol. The quantitative estimate of drug-likeness (QED) is 0.675. The molecule has 0 aromatic carbocycles. The van der Waals surface area contributed by atoms with Gasteiger partial charge in [0.05, 0.1) is 6.39 Å². The fourth-order valence-electron chi connectivity index (χ4n) is 0.157. The van der Waals surface area contributed by atoms with Crippen LogP contribution in [0, 0.1) is 13.8 Å². The van der Waals surface area contributed by atoms with Crippen LogP contribution < -0.4 is 5.73 Å². The van der Waals surface area contributed by atoms with E-state index in [1.54, 1.807) is 0 Å². The molecule has 0 radical (unpaired) electrons. The zero-order valence-corrected chi connectivity index (χ0v) is 7.22. The van der Waals surface area contributed by atoms with Crippen molar-refractivity contribution in [1.82, 2.24) is 10.2 Å². The van der Waals surface area contributed by atoms with Crippen LogP contribution in [0.4, 0.5) is 6.01 Å². The molecule has 0 unspecified atom stereocenters. The van der Waals surface area contributed by atoms with E-state index < -0.39 is 0 Å². The van der Waals surface area contributed by atoms with E-state index in [4.69, 9.17) is 5.73 Å². The first-order chi connectivity index (χ1) is 2.89. The largest absolute Gasteiger partial charge is 2.00 e. The minimum Gasteiger partial charge on any atom is -0.598 e. The van der Waals surface area contributed by atoms with Crippen LogP contribution in [0.25, 0.3) is 0 Å². The molecule has 0 saturated carbocycles. The van der Waals surface area contributed by atoms with Gasteiger partial charge in [-0.25, -0.2) is 10.2 Å².